The van der Waals surface area contributed by atoms with Crippen LogP contribution < -0.4 is 16.2 Å². The second-order valence-electron chi connectivity index (χ2n) is 6.40. The van der Waals surface area contributed by atoms with Gasteiger partial charge in [0.15, 0.2) is 0 Å². The smallest absolute Gasteiger partial charge is 0.274 e. The van der Waals surface area contributed by atoms with Gasteiger partial charge in [-0.2, -0.15) is 9.50 Å². The average molecular weight is 395 g/mol. The highest BCUT2D eigenvalue weighted by Gasteiger charge is 2.09. The molecule has 0 saturated heterocycles. The van der Waals surface area contributed by atoms with Crippen molar-refractivity contribution in [3.8, 4) is 0 Å². The minimum atomic E-state index is -0.218. The number of rotatable bonds is 6. The number of aromatic amines is 1. The third-order valence-corrected chi connectivity index (χ3v) is 4.82. The number of nitrogens with one attached hydrogen (secondary N) is 3. The summed E-state index contributed by atoms with van der Waals surface area (Å²) in [5.41, 5.74) is 3.36. The molecular weight excluding hydrogens is 376 g/mol. The fourth-order valence-electron chi connectivity index (χ4n) is 2.86. The average Bonchev–Trinajstić information content (AvgIpc) is 3.12. The van der Waals surface area contributed by atoms with E-state index in [1.165, 1.54) is 10.6 Å². The third kappa shape index (κ3) is 3.84. The van der Waals surface area contributed by atoms with E-state index < -0.39 is 0 Å². The second kappa shape index (κ2) is 7.74. The normalized spacial score (nSPS) is 10.9. The van der Waals surface area contributed by atoms with Gasteiger partial charge in [-0.3, -0.25) is 9.89 Å². The van der Waals surface area contributed by atoms with Crippen LogP contribution in [0.3, 0.4) is 0 Å². The van der Waals surface area contributed by atoms with E-state index in [4.69, 9.17) is 11.6 Å². The van der Waals surface area contributed by atoms with Crippen LogP contribution in [0.4, 0.5) is 11.6 Å². The van der Waals surface area contributed by atoms with Gasteiger partial charge in [-0.15, -0.1) is 0 Å². The van der Waals surface area contributed by atoms with Crippen LogP contribution in [0.15, 0.2) is 59.4 Å². The molecule has 0 atom stereocenters. The lowest BCUT2D eigenvalue weighted by atomic mass is 10.2. The summed E-state index contributed by atoms with van der Waals surface area (Å²) in [6, 6.07) is 17.1. The van der Waals surface area contributed by atoms with E-state index in [2.05, 4.69) is 25.7 Å². The lowest BCUT2D eigenvalue weighted by molar-refractivity contribution is 0.874. The molecule has 28 heavy (non-hydrogen) atoms. The molecule has 0 bridgehead atoms. The van der Waals surface area contributed by atoms with Crippen LogP contribution in [0, 0.1) is 6.92 Å². The Kier molecular flexibility index (Phi) is 4.99. The zero-order chi connectivity index (χ0) is 19.5. The van der Waals surface area contributed by atoms with E-state index in [1.807, 2.05) is 55.5 Å². The molecule has 7 nitrogen and oxygen atoms in total. The van der Waals surface area contributed by atoms with E-state index in [-0.39, 0.29) is 5.56 Å². The van der Waals surface area contributed by atoms with Gasteiger partial charge in [-0.25, -0.2) is 4.98 Å². The van der Waals surface area contributed by atoms with Gasteiger partial charge in [0.2, 0.25) is 5.95 Å². The SMILES string of the molecule is Cc1c(Cl)cccc1NCc1cc(=O)n2[nH]c(NCc3ccccc3)nc2n1. The summed E-state index contributed by atoms with van der Waals surface area (Å²) in [6.07, 6.45) is 0. The first-order chi connectivity index (χ1) is 13.6. The summed E-state index contributed by atoms with van der Waals surface area (Å²) < 4.78 is 1.32. The van der Waals surface area contributed by atoms with Crippen LogP contribution in [0.1, 0.15) is 16.8 Å². The maximum atomic E-state index is 12.4. The van der Waals surface area contributed by atoms with Crippen molar-refractivity contribution in [3.05, 3.63) is 86.8 Å². The van der Waals surface area contributed by atoms with Gasteiger partial charge >= 0.3 is 0 Å². The quantitative estimate of drug-likeness (QED) is 0.465. The summed E-state index contributed by atoms with van der Waals surface area (Å²) in [5.74, 6) is 0.812. The van der Waals surface area contributed by atoms with Gasteiger partial charge in [-0.05, 0) is 30.2 Å². The van der Waals surface area contributed by atoms with E-state index in [0.29, 0.717) is 35.5 Å². The summed E-state index contributed by atoms with van der Waals surface area (Å²) in [5, 5.41) is 10.1. The van der Waals surface area contributed by atoms with Crippen molar-refractivity contribution in [3.63, 3.8) is 0 Å². The second-order valence-corrected chi connectivity index (χ2v) is 6.81. The first-order valence-corrected chi connectivity index (χ1v) is 9.23. The lowest BCUT2D eigenvalue weighted by Gasteiger charge is -2.10. The van der Waals surface area contributed by atoms with E-state index in [0.717, 1.165) is 16.8 Å². The van der Waals surface area contributed by atoms with Crippen molar-refractivity contribution < 1.29 is 0 Å². The van der Waals surface area contributed by atoms with Gasteiger partial charge in [0.25, 0.3) is 11.3 Å². The summed E-state index contributed by atoms with van der Waals surface area (Å²) in [6.45, 7) is 2.93. The molecule has 0 aliphatic heterocycles. The van der Waals surface area contributed by atoms with Gasteiger partial charge in [0.1, 0.15) is 0 Å². The number of benzene rings is 2. The Balaban J connectivity index is 1.51. The predicted molar refractivity (Wildman–Crippen MR) is 111 cm³/mol. The van der Waals surface area contributed by atoms with Crippen molar-refractivity contribution in [2.45, 2.75) is 20.0 Å². The Bertz CT molecular complexity index is 1170. The van der Waals surface area contributed by atoms with Crippen molar-refractivity contribution in [2.75, 3.05) is 10.6 Å². The molecule has 4 rings (SSSR count). The van der Waals surface area contributed by atoms with Crippen molar-refractivity contribution >= 4 is 29.0 Å². The molecule has 142 valence electrons. The monoisotopic (exact) mass is 394 g/mol. The van der Waals surface area contributed by atoms with Crippen LogP contribution in [-0.4, -0.2) is 19.6 Å². The molecule has 0 spiro atoms. The van der Waals surface area contributed by atoms with Gasteiger partial charge in [0.05, 0.1) is 12.2 Å². The first-order valence-electron chi connectivity index (χ1n) is 8.85. The Morgan fingerprint density at radius 2 is 1.86 bits per heavy atom. The summed E-state index contributed by atoms with van der Waals surface area (Å²) in [4.78, 5) is 21.2. The van der Waals surface area contributed by atoms with Gasteiger partial charge < -0.3 is 10.6 Å². The van der Waals surface area contributed by atoms with Gasteiger partial charge in [-0.1, -0.05) is 48.0 Å². The Hall–Kier alpha value is -3.32. The molecule has 2 aromatic heterocycles. The maximum Gasteiger partial charge on any atom is 0.274 e. The number of nitrogens with zero attached hydrogens (tertiary/aromatic N) is 3. The fourth-order valence-corrected chi connectivity index (χ4v) is 3.04. The van der Waals surface area contributed by atoms with Crippen LogP contribution in [-0.2, 0) is 13.1 Å². The molecular formula is C20H19ClN6O. The van der Waals surface area contributed by atoms with Crippen LogP contribution in [0.25, 0.3) is 5.78 Å². The molecule has 0 aliphatic rings. The molecule has 0 fully saturated rings. The molecule has 2 heterocycles. The molecule has 3 N–H and O–H groups in total. The Labute approximate surface area is 166 Å². The van der Waals surface area contributed by atoms with E-state index in [9.17, 15) is 4.79 Å². The lowest BCUT2D eigenvalue weighted by Crippen LogP contribution is -2.17. The molecule has 0 saturated carbocycles. The molecule has 8 heteroatoms. The first kappa shape index (κ1) is 18.1. The number of H-pyrrole nitrogens is 1. The zero-order valence-corrected chi connectivity index (χ0v) is 16.0. The number of hydrogen-bond acceptors (Lipinski definition) is 5. The maximum absolute atomic E-state index is 12.4. The predicted octanol–water partition coefficient (Wildman–Crippen LogP) is 3.60. The van der Waals surface area contributed by atoms with Crippen molar-refractivity contribution in [1.29, 1.82) is 0 Å². The number of hydrogen-bond donors (Lipinski definition) is 3. The Morgan fingerprint density at radius 1 is 1.04 bits per heavy atom. The molecule has 0 amide bonds. The fraction of sp³-hybridized carbons (Fsp3) is 0.150. The van der Waals surface area contributed by atoms with Gasteiger partial charge in [0, 0.05) is 23.3 Å². The van der Waals surface area contributed by atoms with Crippen molar-refractivity contribution in [2.24, 2.45) is 0 Å². The number of halogens is 1. The highest BCUT2D eigenvalue weighted by molar-refractivity contribution is 6.31. The molecule has 0 unspecified atom stereocenters. The topological polar surface area (TPSA) is 87.1 Å². The zero-order valence-electron chi connectivity index (χ0n) is 15.2. The summed E-state index contributed by atoms with van der Waals surface area (Å²) in [7, 11) is 0. The highest BCUT2D eigenvalue weighted by atomic mass is 35.5. The van der Waals surface area contributed by atoms with Crippen LogP contribution in [0.2, 0.25) is 5.02 Å². The standard InChI is InChI=1S/C20H19ClN6O/c1-13-16(21)8-5-9-17(13)22-12-15-10-18(28)27-20(24-15)25-19(26-27)23-11-14-6-3-2-4-7-14/h2-10,22H,11-12H2,1H3,(H2,23,24,25,26). The number of anilines is 2. The van der Waals surface area contributed by atoms with Crippen molar-refractivity contribution in [1.82, 2.24) is 19.6 Å². The van der Waals surface area contributed by atoms with E-state index >= 15 is 0 Å². The van der Waals surface area contributed by atoms with E-state index in [1.54, 1.807) is 0 Å². The summed E-state index contributed by atoms with van der Waals surface area (Å²) >= 11 is 6.15. The number of aromatic nitrogens is 4. The highest BCUT2D eigenvalue weighted by Crippen LogP contribution is 2.23. The molecule has 4 aromatic rings. The molecule has 0 aliphatic carbocycles. The van der Waals surface area contributed by atoms with Crippen LogP contribution in [0.5, 0.6) is 0 Å². The minimum absolute atomic E-state index is 0.218. The van der Waals surface area contributed by atoms with Crippen LogP contribution >= 0.6 is 11.6 Å². The number of fused-ring (bicyclic) bond motifs is 1. The Morgan fingerprint density at radius 3 is 2.68 bits per heavy atom. The largest absolute Gasteiger partial charge is 0.379 e. The third-order valence-electron chi connectivity index (χ3n) is 4.41. The molecule has 2 aromatic carbocycles. The minimum Gasteiger partial charge on any atom is -0.379 e. The molecule has 0 radical (unpaired) electrons.